The van der Waals surface area contributed by atoms with Crippen LogP contribution >= 0.6 is 0 Å². The molecule has 0 unspecified atom stereocenters. The van der Waals surface area contributed by atoms with E-state index in [2.05, 4.69) is 20.2 Å². The first-order chi connectivity index (χ1) is 9.15. The van der Waals surface area contributed by atoms with Gasteiger partial charge in [-0.3, -0.25) is 4.79 Å². The number of carbonyl (C=O) groups excluding carboxylic acids is 1. The van der Waals surface area contributed by atoms with Gasteiger partial charge in [-0.05, 0) is 31.8 Å². The van der Waals surface area contributed by atoms with E-state index in [0.29, 0.717) is 12.1 Å². The van der Waals surface area contributed by atoms with Crippen LogP contribution in [0.15, 0.2) is 36.8 Å². The molecule has 2 N–H and O–H groups in total. The third kappa shape index (κ3) is 3.93. The summed E-state index contributed by atoms with van der Waals surface area (Å²) < 4.78 is 0. The number of nitrogens with one attached hydrogen (secondary N) is 2. The van der Waals surface area contributed by atoms with Crippen LogP contribution in [0.2, 0.25) is 0 Å². The van der Waals surface area contributed by atoms with Crippen molar-refractivity contribution >= 4 is 5.91 Å². The SMILES string of the molecule is CN(C)Cc1ccc(C(=O)NCc2cnc[nH]2)cc1. The number of rotatable bonds is 5. The Kier molecular flexibility index (Phi) is 4.30. The van der Waals surface area contributed by atoms with Crippen LogP contribution in [0, 0.1) is 0 Å². The number of hydrogen-bond acceptors (Lipinski definition) is 3. The van der Waals surface area contributed by atoms with Gasteiger partial charge in [0.25, 0.3) is 5.91 Å². The predicted molar refractivity (Wildman–Crippen MR) is 73.6 cm³/mol. The fourth-order valence-corrected chi connectivity index (χ4v) is 1.79. The summed E-state index contributed by atoms with van der Waals surface area (Å²) in [5.41, 5.74) is 2.75. The third-order valence-corrected chi connectivity index (χ3v) is 2.71. The van der Waals surface area contributed by atoms with Gasteiger partial charge in [0.1, 0.15) is 0 Å². The minimum atomic E-state index is -0.0778. The zero-order valence-corrected chi connectivity index (χ0v) is 11.2. The molecular weight excluding hydrogens is 240 g/mol. The fourth-order valence-electron chi connectivity index (χ4n) is 1.79. The zero-order chi connectivity index (χ0) is 13.7. The highest BCUT2D eigenvalue weighted by molar-refractivity contribution is 5.94. The van der Waals surface area contributed by atoms with Gasteiger partial charge >= 0.3 is 0 Å². The summed E-state index contributed by atoms with van der Waals surface area (Å²) in [6.07, 6.45) is 3.29. The van der Waals surface area contributed by atoms with Crippen molar-refractivity contribution in [2.75, 3.05) is 14.1 Å². The summed E-state index contributed by atoms with van der Waals surface area (Å²) in [7, 11) is 4.04. The summed E-state index contributed by atoms with van der Waals surface area (Å²) in [5, 5.41) is 2.84. The second kappa shape index (κ2) is 6.15. The molecular formula is C14H18N4O. The molecule has 1 heterocycles. The van der Waals surface area contributed by atoms with Crippen molar-refractivity contribution < 1.29 is 4.79 Å². The number of hydrogen-bond donors (Lipinski definition) is 2. The average Bonchev–Trinajstić information content (AvgIpc) is 2.89. The first-order valence-electron chi connectivity index (χ1n) is 6.14. The average molecular weight is 258 g/mol. The number of carbonyl (C=O) groups is 1. The van der Waals surface area contributed by atoms with Crippen LogP contribution in [0.3, 0.4) is 0 Å². The molecule has 0 spiro atoms. The Hall–Kier alpha value is -2.14. The molecule has 0 aliphatic rings. The molecule has 1 amide bonds. The molecule has 1 aromatic heterocycles. The molecule has 0 saturated heterocycles. The number of imidazole rings is 1. The van der Waals surface area contributed by atoms with Gasteiger partial charge in [0.15, 0.2) is 0 Å². The molecule has 0 saturated carbocycles. The number of benzene rings is 1. The lowest BCUT2D eigenvalue weighted by Crippen LogP contribution is -2.23. The van der Waals surface area contributed by atoms with E-state index in [1.165, 1.54) is 5.56 Å². The highest BCUT2D eigenvalue weighted by Gasteiger charge is 2.05. The Morgan fingerprint density at radius 1 is 1.32 bits per heavy atom. The quantitative estimate of drug-likeness (QED) is 0.852. The fraction of sp³-hybridized carbons (Fsp3) is 0.286. The molecule has 2 aromatic rings. The summed E-state index contributed by atoms with van der Waals surface area (Å²) >= 11 is 0. The lowest BCUT2D eigenvalue weighted by Gasteiger charge is -2.10. The van der Waals surface area contributed by atoms with Gasteiger partial charge in [0, 0.05) is 18.3 Å². The number of aromatic amines is 1. The van der Waals surface area contributed by atoms with Crippen LogP contribution in [-0.4, -0.2) is 34.9 Å². The molecule has 0 bridgehead atoms. The van der Waals surface area contributed by atoms with Gasteiger partial charge in [-0.15, -0.1) is 0 Å². The second-order valence-electron chi connectivity index (χ2n) is 4.69. The summed E-state index contributed by atoms with van der Waals surface area (Å²) in [6, 6.07) is 7.65. The van der Waals surface area contributed by atoms with Crippen molar-refractivity contribution in [1.82, 2.24) is 20.2 Å². The first-order valence-corrected chi connectivity index (χ1v) is 6.14. The monoisotopic (exact) mass is 258 g/mol. The summed E-state index contributed by atoms with van der Waals surface area (Å²) in [4.78, 5) is 20.9. The lowest BCUT2D eigenvalue weighted by atomic mass is 10.1. The maximum atomic E-state index is 11.9. The number of amides is 1. The maximum absolute atomic E-state index is 11.9. The van der Waals surface area contributed by atoms with Crippen LogP contribution < -0.4 is 5.32 Å². The minimum absolute atomic E-state index is 0.0778. The Morgan fingerprint density at radius 2 is 2.05 bits per heavy atom. The topological polar surface area (TPSA) is 61.0 Å². The van der Waals surface area contributed by atoms with Gasteiger partial charge in [-0.1, -0.05) is 12.1 Å². The number of nitrogens with zero attached hydrogens (tertiary/aromatic N) is 2. The standard InChI is InChI=1S/C14H18N4O/c1-18(2)9-11-3-5-12(6-4-11)14(19)16-8-13-7-15-10-17-13/h3-7,10H,8-9H2,1-2H3,(H,15,17)(H,16,19). The van der Waals surface area contributed by atoms with Crippen LogP contribution in [0.5, 0.6) is 0 Å². The molecule has 5 nitrogen and oxygen atoms in total. The highest BCUT2D eigenvalue weighted by atomic mass is 16.1. The molecule has 0 fully saturated rings. The van der Waals surface area contributed by atoms with Crippen LogP contribution in [-0.2, 0) is 13.1 Å². The highest BCUT2D eigenvalue weighted by Crippen LogP contribution is 2.06. The second-order valence-corrected chi connectivity index (χ2v) is 4.69. The number of H-pyrrole nitrogens is 1. The van der Waals surface area contributed by atoms with E-state index in [9.17, 15) is 4.79 Å². The zero-order valence-electron chi connectivity index (χ0n) is 11.2. The molecule has 1 aromatic carbocycles. The van der Waals surface area contributed by atoms with E-state index >= 15 is 0 Å². The Morgan fingerprint density at radius 3 is 2.63 bits per heavy atom. The lowest BCUT2D eigenvalue weighted by molar-refractivity contribution is 0.0950. The van der Waals surface area contributed by atoms with Crippen LogP contribution in [0.4, 0.5) is 0 Å². The van der Waals surface area contributed by atoms with Gasteiger partial charge in [0.2, 0.25) is 0 Å². The largest absolute Gasteiger partial charge is 0.347 e. The molecule has 5 heteroatoms. The Balaban J connectivity index is 1.92. The molecule has 0 radical (unpaired) electrons. The van der Waals surface area contributed by atoms with Crippen molar-refractivity contribution in [3.8, 4) is 0 Å². The van der Waals surface area contributed by atoms with Crippen molar-refractivity contribution in [2.45, 2.75) is 13.1 Å². The molecule has 2 rings (SSSR count). The number of aromatic nitrogens is 2. The molecule has 0 aliphatic heterocycles. The molecule has 0 aliphatic carbocycles. The van der Waals surface area contributed by atoms with Gasteiger partial charge in [0.05, 0.1) is 18.6 Å². The van der Waals surface area contributed by atoms with Crippen molar-refractivity contribution in [2.24, 2.45) is 0 Å². The smallest absolute Gasteiger partial charge is 0.251 e. The maximum Gasteiger partial charge on any atom is 0.251 e. The van der Waals surface area contributed by atoms with E-state index in [1.54, 1.807) is 12.5 Å². The molecule has 0 atom stereocenters. The van der Waals surface area contributed by atoms with Crippen LogP contribution in [0.1, 0.15) is 21.6 Å². The third-order valence-electron chi connectivity index (χ3n) is 2.71. The van der Waals surface area contributed by atoms with Gasteiger partial charge in [-0.2, -0.15) is 0 Å². The van der Waals surface area contributed by atoms with E-state index in [1.807, 2.05) is 38.4 Å². The van der Waals surface area contributed by atoms with Crippen molar-refractivity contribution in [3.05, 3.63) is 53.6 Å². The van der Waals surface area contributed by atoms with Gasteiger partial charge < -0.3 is 15.2 Å². The van der Waals surface area contributed by atoms with E-state index in [-0.39, 0.29) is 5.91 Å². The van der Waals surface area contributed by atoms with Crippen molar-refractivity contribution in [3.63, 3.8) is 0 Å². The first kappa shape index (κ1) is 13.3. The van der Waals surface area contributed by atoms with E-state index in [4.69, 9.17) is 0 Å². The molecule has 19 heavy (non-hydrogen) atoms. The minimum Gasteiger partial charge on any atom is -0.347 e. The predicted octanol–water partition coefficient (Wildman–Crippen LogP) is 1.40. The molecule has 100 valence electrons. The van der Waals surface area contributed by atoms with E-state index in [0.717, 1.165) is 12.2 Å². The Bertz CT molecular complexity index is 517. The Labute approximate surface area is 112 Å². The van der Waals surface area contributed by atoms with Crippen LogP contribution in [0.25, 0.3) is 0 Å². The van der Waals surface area contributed by atoms with E-state index < -0.39 is 0 Å². The summed E-state index contributed by atoms with van der Waals surface area (Å²) in [6.45, 7) is 1.33. The van der Waals surface area contributed by atoms with Crippen molar-refractivity contribution in [1.29, 1.82) is 0 Å². The van der Waals surface area contributed by atoms with Gasteiger partial charge in [-0.25, -0.2) is 4.98 Å². The normalized spacial score (nSPS) is 10.7. The summed E-state index contributed by atoms with van der Waals surface area (Å²) in [5.74, 6) is -0.0778.